The monoisotopic (exact) mass is 284 g/mol. The van der Waals surface area contributed by atoms with E-state index in [1.165, 1.54) is 0 Å². The van der Waals surface area contributed by atoms with Gasteiger partial charge in [-0.1, -0.05) is 0 Å². The second-order valence-electron chi connectivity index (χ2n) is 6.18. The maximum atomic E-state index is 11.4. The lowest BCUT2D eigenvalue weighted by atomic mass is 9.75. The number of carbonyl (C=O) groups is 2. The van der Waals surface area contributed by atoms with E-state index in [9.17, 15) is 14.7 Å². The van der Waals surface area contributed by atoms with Gasteiger partial charge in [-0.05, 0) is 37.5 Å². The third kappa shape index (κ3) is 2.09. The van der Waals surface area contributed by atoms with Gasteiger partial charge in [0, 0.05) is 12.0 Å². The largest absolute Gasteiger partial charge is 0.465 e. The number of rotatable bonds is 2. The molecule has 0 bridgehead atoms. The van der Waals surface area contributed by atoms with Gasteiger partial charge in [0.2, 0.25) is 0 Å². The Bertz CT molecular complexity index is 429. The van der Waals surface area contributed by atoms with Crippen LogP contribution in [-0.4, -0.2) is 47.2 Å². The van der Waals surface area contributed by atoms with Crippen LogP contribution in [0, 0.1) is 17.8 Å². The molecule has 7 nitrogen and oxygen atoms in total. The van der Waals surface area contributed by atoms with Crippen LogP contribution in [0.5, 0.6) is 0 Å². The molecule has 4 N–H and O–H groups in total. The molecule has 2 unspecified atom stereocenters. The first-order valence-corrected chi connectivity index (χ1v) is 7.11. The Morgan fingerprint density at radius 2 is 2.30 bits per heavy atom. The smallest absolute Gasteiger partial charge is 0.407 e. The van der Waals surface area contributed by atoms with Crippen LogP contribution in [-0.2, 0) is 4.74 Å². The summed E-state index contributed by atoms with van der Waals surface area (Å²) in [6.45, 7) is 0.453. The number of carboxylic acid groups (broad SMARTS) is 1. The number of aliphatic hydroxyl groups excluding tert-OH is 1. The zero-order chi connectivity index (χ0) is 14.3. The minimum atomic E-state index is -0.992. The molecule has 2 aliphatic carbocycles. The lowest BCUT2D eigenvalue weighted by Gasteiger charge is -2.34. The molecule has 0 radical (unpaired) electrons. The van der Waals surface area contributed by atoms with Crippen molar-refractivity contribution in [3.05, 3.63) is 0 Å². The number of amides is 2. The Hall–Kier alpha value is -1.50. The molecule has 2 amide bonds. The quantitative estimate of drug-likeness (QED) is 0.591. The summed E-state index contributed by atoms with van der Waals surface area (Å²) >= 11 is 0. The molecule has 20 heavy (non-hydrogen) atoms. The van der Waals surface area contributed by atoms with Gasteiger partial charge in [-0.15, -0.1) is 0 Å². The number of hydrogen-bond acceptors (Lipinski definition) is 4. The van der Waals surface area contributed by atoms with Crippen molar-refractivity contribution in [2.24, 2.45) is 17.8 Å². The fraction of sp³-hybridized carbons (Fsp3) is 0.846. The number of alkyl carbamates (subject to hydrolysis) is 1. The van der Waals surface area contributed by atoms with E-state index in [0.717, 1.165) is 19.3 Å². The van der Waals surface area contributed by atoms with Gasteiger partial charge in [-0.2, -0.15) is 0 Å². The zero-order valence-electron chi connectivity index (χ0n) is 11.2. The highest BCUT2D eigenvalue weighted by atomic mass is 16.6. The van der Waals surface area contributed by atoms with Crippen LogP contribution < -0.4 is 10.6 Å². The molecule has 1 aliphatic heterocycles. The first kappa shape index (κ1) is 13.5. The minimum absolute atomic E-state index is 0.00710. The fourth-order valence-corrected chi connectivity index (χ4v) is 4.44. The highest BCUT2D eigenvalue weighted by Gasteiger charge is 2.59. The van der Waals surface area contributed by atoms with E-state index in [1.807, 2.05) is 0 Å². The van der Waals surface area contributed by atoms with Gasteiger partial charge in [-0.3, -0.25) is 0 Å². The van der Waals surface area contributed by atoms with Crippen LogP contribution in [0.3, 0.4) is 0 Å². The van der Waals surface area contributed by atoms with Gasteiger partial charge in [0.1, 0.15) is 5.60 Å². The second-order valence-corrected chi connectivity index (χ2v) is 6.18. The lowest BCUT2D eigenvalue weighted by Crippen LogP contribution is -2.42. The highest BCUT2D eigenvalue weighted by Crippen LogP contribution is 2.53. The van der Waals surface area contributed by atoms with Gasteiger partial charge in [0.05, 0.1) is 13.2 Å². The van der Waals surface area contributed by atoms with Gasteiger partial charge >= 0.3 is 12.2 Å². The molecular formula is C13H20N2O5. The molecule has 3 rings (SSSR count). The maximum absolute atomic E-state index is 11.4. The van der Waals surface area contributed by atoms with E-state index in [4.69, 9.17) is 9.84 Å². The van der Waals surface area contributed by atoms with Gasteiger partial charge in [-0.25, -0.2) is 9.59 Å². The van der Waals surface area contributed by atoms with E-state index >= 15 is 0 Å². The minimum Gasteiger partial charge on any atom is -0.465 e. The Morgan fingerprint density at radius 3 is 2.90 bits per heavy atom. The van der Waals surface area contributed by atoms with Crippen molar-refractivity contribution in [1.29, 1.82) is 0 Å². The number of carbonyl (C=O) groups excluding carboxylic acids is 1. The number of nitrogens with one attached hydrogen (secondary N) is 2. The van der Waals surface area contributed by atoms with Crippen LogP contribution in [0.4, 0.5) is 9.59 Å². The summed E-state index contributed by atoms with van der Waals surface area (Å²) in [5, 5.41) is 23.7. The van der Waals surface area contributed by atoms with Crippen molar-refractivity contribution in [2.75, 3.05) is 13.2 Å². The molecule has 112 valence electrons. The molecule has 0 aromatic rings. The average Bonchev–Trinajstić information content (AvgIpc) is 2.88. The fourth-order valence-electron chi connectivity index (χ4n) is 4.44. The van der Waals surface area contributed by atoms with Crippen LogP contribution in [0.25, 0.3) is 0 Å². The summed E-state index contributed by atoms with van der Waals surface area (Å²) in [7, 11) is 0. The Kier molecular flexibility index (Phi) is 3.24. The number of aliphatic hydroxyl groups is 1. The molecule has 5 atom stereocenters. The summed E-state index contributed by atoms with van der Waals surface area (Å²) < 4.78 is 5.47. The van der Waals surface area contributed by atoms with Crippen LogP contribution in [0.1, 0.15) is 25.7 Å². The lowest BCUT2D eigenvalue weighted by molar-refractivity contribution is -0.00898. The number of hydrogen-bond donors (Lipinski definition) is 4. The maximum Gasteiger partial charge on any atom is 0.407 e. The van der Waals surface area contributed by atoms with E-state index in [2.05, 4.69) is 10.6 Å². The van der Waals surface area contributed by atoms with Gasteiger partial charge in [0.25, 0.3) is 0 Å². The van der Waals surface area contributed by atoms with Crippen LogP contribution in [0.2, 0.25) is 0 Å². The van der Waals surface area contributed by atoms with Gasteiger partial charge < -0.3 is 25.6 Å². The normalized spacial score (nSPS) is 43.0. The standard InChI is InChI=1S/C13H20N2O5/c16-5-10-9-2-1-8(15-11(17)18)3-7(9)4-13(10)6-14-12(19)20-13/h7-10,15-16H,1-6H2,(H,14,19)(H,17,18)/t7-,8?,9+,10-,13?/m0/s1. The van der Waals surface area contributed by atoms with Crippen molar-refractivity contribution in [2.45, 2.75) is 37.3 Å². The van der Waals surface area contributed by atoms with Crippen molar-refractivity contribution in [3.63, 3.8) is 0 Å². The molecule has 3 aliphatic rings. The number of fused-ring (bicyclic) bond motifs is 1. The van der Waals surface area contributed by atoms with Crippen LogP contribution >= 0.6 is 0 Å². The third-order valence-corrected chi connectivity index (χ3v) is 5.19. The van der Waals surface area contributed by atoms with E-state index < -0.39 is 17.8 Å². The first-order chi connectivity index (χ1) is 9.54. The van der Waals surface area contributed by atoms with Crippen molar-refractivity contribution in [1.82, 2.24) is 10.6 Å². The average molecular weight is 284 g/mol. The summed E-state index contributed by atoms with van der Waals surface area (Å²) in [6.07, 6.45) is 1.70. The third-order valence-electron chi connectivity index (χ3n) is 5.19. The molecule has 1 heterocycles. The van der Waals surface area contributed by atoms with Crippen molar-refractivity contribution >= 4 is 12.2 Å². The molecule has 0 aromatic heterocycles. The van der Waals surface area contributed by atoms with Gasteiger partial charge in [0.15, 0.2) is 0 Å². The predicted octanol–water partition coefficient (Wildman–Crippen LogP) is 0.530. The van der Waals surface area contributed by atoms with Crippen molar-refractivity contribution < 1.29 is 24.5 Å². The second kappa shape index (κ2) is 4.80. The molecule has 3 fully saturated rings. The van der Waals surface area contributed by atoms with Crippen molar-refractivity contribution in [3.8, 4) is 0 Å². The molecule has 1 saturated heterocycles. The highest BCUT2D eigenvalue weighted by molar-refractivity contribution is 5.70. The number of ether oxygens (including phenoxy) is 1. The molecule has 2 saturated carbocycles. The summed E-state index contributed by atoms with van der Waals surface area (Å²) in [5.74, 6) is 0.558. The molecule has 1 spiro atoms. The van der Waals surface area contributed by atoms with E-state index in [1.54, 1.807) is 0 Å². The topological polar surface area (TPSA) is 108 Å². The van der Waals surface area contributed by atoms with E-state index in [0.29, 0.717) is 24.8 Å². The summed E-state index contributed by atoms with van der Waals surface area (Å²) in [6, 6.07) is -0.0340. The molecule has 0 aromatic carbocycles. The first-order valence-electron chi connectivity index (χ1n) is 7.11. The summed E-state index contributed by atoms with van der Waals surface area (Å²) in [5.41, 5.74) is -0.598. The zero-order valence-corrected chi connectivity index (χ0v) is 11.2. The molecule has 7 heteroatoms. The molecular weight excluding hydrogens is 264 g/mol. The predicted molar refractivity (Wildman–Crippen MR) is 68.2 cm³/mol. The van der Waals surface area contributed by atoms with E-state index in [-0.39, 0.29) is 18.6 Å². The SMILES string of the molecule is O=C(O)NC1CC[C@@H]2[C@@H](C1)CC1(CNC(=O)O1)[C@H]2CO. The summed E-state index contributed by atoms with van der Waals surface area (Å²) in [4.78, 5) is 22.1. The Labute approximate surface area is 116 Å². The Morgan fingerprint density at radius 1 is 1.50 bits per heavy atom. The Balaban J connectivity index is 1.74. The van der Waals surface area contributed by atoms with Crippen LogP contribution in [0.15, 0.2) is 0 Å².